The number of esters is 1. The highest BCUT2D eigenvalue weighted by atomic mass is 32.1. The van der Waals surface area contributed by atoms with Gasteiger partial charge in [0.1, 0.15) is 6.10 Å². The van der Waals surface area contributed by atoms with E-state index in [1.165, 1.54) is 28.2 Å². The molecular weight excluding hydrogens is 500 g/mol. The normalized spacial score (nSPS) is 23.2. The van der Waals surface area contributed by atoms with E-state index in [0.29, 0.717) is 33.2 Å². The van der Waals surface area contributed by atoms with E-state index < -0.39 is 11.6 Å². The first-order valence-corrected chi connectivity index (χ1v) is 14.9. The van der Waals surface area contributed by atoms with E-state index in [-0.39, 0.29) is 6.10 Å². The molecule has 5 nitrogen and oxygen atoms in total. The van der Waals surface area contributed by atoms with Gasteiger partial charge in [-0.15, -0.1) is 22.7 Å². The van der Waals surface area contributed by atoms with Gasteiger partial charge in [-0.3, -0.25) is 0 Å². The second kappa shape index (κ2) is 10.7. The molecule has 2 saturated carbocycles. The van der Waals surface area contributed by atoms with Gasteiger partial charge in [0.05, 0.1) is 48.1 Å². The number of hydrogen-bond acceptors (Lipinski definition) is 6. The zero-order valence-corrected chi connectivity index (χ0v) is 23.1. The molecule has 1 N–H and O–H groups in total. The fraction of sp³-hybridized carbons (Fsp3) is 0.467. The van der Waals surface area contributed by atoms with E-state index in [9.17, 15) is 9.90 Å². The minimum atomic E-state index is -1.74. The van der Waals surface area contributed by atoms with Crippen molar-refractivity contribution >= 4 is 28.6 Å². The first-order chi connectivity index (χ1) is 17.8. The average Bonchev–Trinajstić information content (AvgIpc) is 3.72. The summed E-state index contributed by atoms with van der Waals surface area (Å²) in [6, 6.07) is 17.9. The second-order valence-corrected chi connectivity index (χ2v) is 13.0. The molecule has 3 aromatic rings. The molecule has 0 spiro atoms. The van der Waals surface area contributed by atoms with Crippen LogP contribution in [-0.4, -0.2) is 48.3 Å². The number of nitriles is 1. The quantitative estimate of drug-likeness (QED) is 0.205. The highest BCUT2D eigenvalue weighted by Gasteiger charge is 2.57. The Balaban J connectivity index is 1.21. The predicted octanol–water partition coefficient (Wildman–Crippen LogP) is 5.73. The molecule has 0 saturated heterocycles. The molecule has 2 bridgehead atoms. The van der Waals surface area contributed by atoms with Crippen molar-refractivity contribution in [3.05, 3.63) is 80.2 Å². The van der Waals surface area contributed by atoms with Gasteiger partial charge < -0.3 is 14.3 Å². The Morgan fingerprint density at radius 2 is 1.76 bits per heavy atom. The van der Waals surface area contributed by atoms with Crippen LogP contribution in [0.5, 0.6) is 0 Å². The molecule has 2 aliphatic carbocycles. The van der Waals surface area contributed by atoms with Gasteiger partial charge in [0.15, 0.2) is 0 Å². The summed E-state index contributed by atoms with van der Waals surface area (Å²) in [6.07, 6.45) is 6.38. The number of nitrogens with zero attached hydrogens (tertiary/aromatic N) is 2. The lowest BCUT2D eigenvalue weighted by Crippen LogP contribution is -2.52. The van der Waals surface area contributed by atoms with Crippen molar-refractivity contribution in [2.45, 2.75) is 56.3 Å². The Labute approximate surface area is 227 Å². The van der Waals surface area contributed by atoms with Crippen LogP contribution < -0.4 is 0 Å². The molecule has 1 aromatic carbocycles. The van der Waals surface area contributed by atoms with Gasteiger partial charge in [0.2, 0.25) is 5.60 Å². The lowest BCUT2D eigenvalue weighted by molar-refractivity contribution is -0.918. The van der Waals surface area contributed by atoms with Crippen molar-refractivity contribution in [2.75, 3.05) is 20.6 Å². The van der Waals surface area contributed by atoms with Crippen molar-refractivity contribution in [1.29, 1.82) is 5.26 Å². The number of aryl methyl sites for hydroxylation is 1. The van der Waals surface area contributed by atoms with Crippen LogP contribution in [-0.2, 0) is 21.6 Å². The monoisotopic (exact) mass is 535 g/mol. The molecule has 194 valence electrons. The minimum Gasteiger partial charge on any atom is -0.459 e. The van der Waals surface area contributed by atoms with Crippen LogP contribution in [0.25, 0.3) is 0 Å². The number of unbranched alkanes of at least 4 members (excludes halogenated alkanes) is 1. The van der Waals surface area contributed by atoms with Crippen LogP contribution in [0.3, 0.4) is 0 Å². The summed E-state index contributed by atoms with van der Waals surface area (Å²) < 4.78 is 7.16. The standard InChI is InChI=1S/C30H35N2O3S2/c1-32(2,16-4-3-7-21-10-12-22(20-31)13-11-21)25-19-23-14-15-24(25)28(23)35-29(33)30(34,26-8-5-17-36-26)27-9-6-18-37-27/h5-6,8-13,17-18,23-25,28,34H,3-4,7,14-16,19H2,1-2H3/q+1/t23?,24?,25-,28?/m0/s1. The summed E-state index contributed by atoms with van der Waals surface area (Å²) in [5, 5.41) is 24.4. The maximum Gasteiger partial charge on any atom is 0.349 e. The van der Waals surface area contributed by atoms with Crippen molar-refractivity contribution in [3.8, 4) is 6.07 Å². The molecule has 2 aromatic heterocycles. The van der Waals surface area contributed by atoms with Gasteiger partial charge in [-0.1, -0.05) is 24.3 Å². The predicted molar refractivity (Wildman–Crippen MR) is 147 cm³/mol. The molecule has 0 amide bonds. The van der Waals surface area contributed by atoms with Gasteiger partial charge >= 0.3 is 5.97 Å². The summed E-state index contributed by atoms with van der Waals surface area (Å²) in [4.78, 5) is 14.8. The number of quaternary nitrogens is 1. The van der Waals surface area contributed by atoms with Crippen molar-refractivity contribution in [3.63, 3.8) is 0 Å². The molecular formula is C30H35N2O3S2+. The van der Waals surface area contributed by atoms with Gasteiger partial charge in [0, 0.05) is 18.3 Å². The number of ether oxygens (including phenoxy) is 1. The van der Waals surface area contributed by atoms with Crippen LogP contribution in [0.2, 0.25) is 0 Å². The van der Waals surface area contributed by atoms with Crippen LogP contribution in [0.15, 0.2) is 59.3 Å². The van der Waals surface area contributed by atoms with Crippen molar-refractivity contribution in [1.82, 2.24) is 0 Å². The summed E-state index contributed by atoms with van der Waals surface area (Å²) in [7, 11) is 4.64. The Hall–Kier alpha value is -2.50. The van der Waals surface area contributed by atoms with E-state index in [1.807, 2.05) is 47.2 Å². The van der Waals surface area contributed by atoms with E-state index in [4.69, 9.17) is 10.00 Å². The number of thiophene rings is 2. The molecule has 2 fully saturated rings. The maximum absolute atomic E-state index is 13.6. The zero-order chi connectivity index (χ0) is 26.0. The van der Waals surface area contributed by atoms with E-state index in [0.717, 1.165) is 49.6 Å². The van der Waals surface area contributed by atoms with Crippen LogP contribution in [0.1, 0.15) is 53.0 Å². The molecule has 0 aliphatic heterocycles. The number of fused-ring (bicyclic) bond motifs is 2. The van der Waals surface area contributed by atoms with Gasteiger partial charge in [-0.2, -0.15) is 5.26 Å². The second-order valence-electron chi connectivity index (χ2n) is 11.1. The van der Waals surface area contributed by atoms with E-state index in [2.05, 4.69) is 32.3 Å². The molecule has 4 atom stereocenters. The topological polar surface area (TPSA) is 70.3 Å². The Kier molecular flexibility index (Phi) is 7.56. The Morgan fingerprint density at radius 1 is 1.08 bits per heavy atom. The largest absolute Gasteiger partial charge is 0.459 e. The lowest BCUT2D eigenvalue weighted by Gasteiger charge is -2.40. The van der Waals surface area contributed by atoms with Gasteiger partial charge in [0.25, 0.3) is 0 Å². The number of carbonyl (C=O) groups is 1. The number of carbonyl (C=O) groups excluding carboxylic acids is 1. The SMILES string of the molecule is C[N+](C)(CCCCc1ccc(C#N)cc1)[C@H]1CC2CCC1C2OC(=O)C(O)(c1cccs1)c1cccs1. The highest BCUT2D eigenvalue weighted by Crippen LogP contribution is 2.51. The summed E-state index contributed by atoms with van der Waals surface area (Å²) in [6.45, 7) is 1.08. The molecule has 37 heavy (non-hydrogen) atoms. The first-order valence-electron chi connectivity index (χ1n) is 13.2. The Bertz CT molecular complexity index is 1190. The van der Waals surface area contributed by atoms with Crippen molar-refractivity contribution in [2.24, 2.45) is 11.8 Å². The maximum atomic E-state index is 13.6. The third kappa shape index (κ3) is 5.13. The number of aliphatic hydroxyl groups is 1. The third-order valence-electron chi connectivity index (χ3n) is 8.52. The first kappa shape index (κ1) is 26.1. The summed E-state index contributed by atoms with van der Waals surface area (Å²) >= 11 is 2.77. The van der Waals surface area contributed by atoms with E-state index in [1.54, 1.807) is 0 Å². The van der Waals surface area contributed by atoms with Crippen LogP contribution >= 0.6 is 22.7 Å². The molecule has 7 heteroatoms. The van der Waals surface area contributed by atoms with Crippen LogP contribution in [0, 0.1) is 23.2 Å². The summed E-state index contributed by atoms with van der Waals surface area (Å²) in [5.41, 5.74) is 0.243. The lowest BCUT2D eigenvalue weighted by atomic mass is 9.92. The smallest absolute Gasteiger partial charge is 0.349 e. The molecule has 2 heterocycles. The highest BCUT2D eigenvalue weighted by molar-refractivity contribution is 7.12. The minimum absolute atomic E-state index is 0.125. The third-order valence-corrected chi connectivity index (χ3v) is 10.5. The van der Waals surface area contributed by atoms with Gasteiger partial charge in [-0.05, 0) is 72.7 Å². The summed E-state index contributed by atoms with van der Waals surface area (Å²) in [5.74, 6) is 0.164. The zero-order valence-electron chi connectivity index (χ0n) is 21.5. The average molecular weight is 536 g/mol. The number of benzene rings is 1. The number of hydrogen-bond donors (Lipinski definition) is 1. The molecule has 2 aliphatic rings. The number of rotatable bonds is 10. The van der Waals surface area contributed by atoms with E-state index >= 15 is 0 Å². The fourth-order valence-electron chi connectivity index (χ4n) is 6.48. The van der Waals surface area contributed by atoms with Crippen LogP contribution in [0.4, 0.5) is 0 Å². The Morgan fingerprint density at radius 3 is 2.35 bits per heavy atom. The molecule has 3 unspecified atom stereocenters. The fourth-order valence-corrected chi connectivity index (χ4v) is 8.19. The molecule has 0 radical (unpaired) electrons. The molecule has 5 rings (SSSR count). The van der Waals surface area contributed by atoms with Crippen molar-refractivity contribution < 1.29 is 19.1 Å². The van der Waals surface area contributed by atoms with Gasteiger partial charge in [-0.25, -0.2) is 4.79 Å².